The molecule has 0 bridgehead atoms. The maximum Gasteiger partial charge on any atom is 0.150 e. The van der Waals surface area contributed by atoms with Crippen molar-refractivity contribution in [1.82, 2.24) is 0 Å². The van der Waals surface area contributed by atoms with E-state index < -0.39 is 9.84 Å². The number of hydrogen-bond donors (Lipinski definition) is 0. The summed E-state index contributed by atoms with van der Waals surface area (Å²) in [6.45, 7) is 2.24. The molecule has 1 saturated carbocycles. The summed E-state index contributed by atoms with van der Waals surface area (Å²) < 4.78 is 22.6. The molecule has 0 amide bonds. The molecule has 1 unspecified atom stereocenters. The van der Waals surface area contributed by atoms with Gasteiger partial charge in [0.15, 0.2) is 9.84 Å². The molecule has 2 nitrogen and oxygen atoms in total. The molecule has 0 aromatic heterocycles. The van der Waals surface area contributed by atoms with Crippen LogP contribution in [0, 0.1) is 11.3 Å². The number of sulfone groups is 1. The van der Waals surface area contributed by atoms with Crippen LogP contribution in [0.4, 0.5) is 0 Å². The van der Waals surface area contributed by atoms with Crippen LogP contribution in [0.1, 0.15) is 32.6 Å². The van der Waals surface area contributed by atoms with Crippen LogP contribution in [0.3, 0.4) is 0 Å². The lowest BCUT2D eigenvalue weighted by Gasteiger charge is -2.19. The van der Waals surface area contributed by atoms with E-state index in [1.807, 2.05) is 0 Å². The third-order valence-electron chi connectivity index (χ3n) is 3.42. The maximum atomic E-state index is 11.3. The van der Waals surface area contributed by atoms with E-state index in [1.54, 1.807) is 0 Å². The monoisotopic (exact) mass is 188 g/mol. The fourth-order valence-electron chi connectivity index (χ4n) is 2.84. The quantitative estimate of drug-likeness (QED) is 0.579. The van der Waals surface area contributed by atoms with Gasteiger partial charge >= 0.3 is 0 Å². The van der Waals surface area contributed by atoms with Crippen molar-refractivity contribution in [2.75, 3.05) is 11.5 Å². The fraction of sp³-hybridized carbons (Fsp3) is 1.00. The number of hydrogen-bond acceptors (Lipinski definition) is 2. The van der Waals surface area contributed by atoms with Crippen molar-refractivity contribution < 1.29 is 8.42 Å². The topological polar surface area (TPSA) is 34.1 Å². The molecule has 2 atom stereocenters. The first-order valence-corrected chi connectivity index (χ1v) is 6.54. The lowest BCUT2D eigenvalue weighted by molar-refractivity contribution is 0.335. The maximum absolute atomic E-state index is 11.3. The highest BCUT2D eigenvalue weighted by Crippen LogP contribution is 2.48. The van der Waals surface area contributed by atoms with Crippen molar-refractivity contribution >= 4 is 9.84 Å². The van der Waals surface area contributed by atoms with Crippen LogP contribution < -0.4 is 0 Å². The van der Waals surface area contributed by atoms with E-state index in [1.165, 1.54) is 6.42 Å². The second kappa shape index (κ2) is 2.47. The van der Waals surface area contributed by atoms with Crippen molar-refractivity contribution in [2.24, 2.45) is 11.3 Å². The SMILES string of the molecule is C[C@H]1CCC2(CCS(=O)(=O)C2)C1. The van der Waals surface area contributed by atoms with Gasteiger partial charge < -0.3 is 0 Å². The Kier molecular flexibility index (Phi) is 1.76. The smallest absolute Gasteiger partial charge is 0.150 e. The molecule has 2 rings (SSSR count). The van der Waals surface area contributed by atoms with Gasteiger partial charge in [0.2, 0.25) is 0 Å². The van der Waals surface area contributed by atoms with Crippen LogP contribution in [0.25, 0.3) is 0 Å². The van der Waals surface area contributed by atoms with Crippen LogP contribution in [0.2, 0.25) is 0 Å². The Morgan fingerprint density at radius 3 is 2.50 bits per heavy atom. The van der Waals surface area contributed by atoms with Gasteiger partial charge in [-0.1, -0.05) is 13.3 Å². The highest BCUT2D eigenvalue weighted by Gasteiger charge is 2.45. The molecule has 0 aromatic carbocycles. The molecule has 1 aliphatic heterocycles. The molecular weight excluding hydrogens is 172 g/mol. The highest BCUT2D eigenvalue weighted by atomic mass is 32.2. The summed E-state index contributed by atoms with van der Waals surface area (Å²) in [5.74, 6) is 1.67. The predicted molar refractivity (Wildman–Crippen MR) is 48.7 cm³/mol. The first kappa shape index (κ1) is 8.54. The Morgan fingerprint density at radius 2 is 2.08 bits per heavy atom. The van der Waals surface area contributed by atoms with Crippen LogP contribution in [-0.2, 0) is 9.84 Å². The molecule has 12 heavy (non-hydrogen) atoms. The van der Waals surface area contributed by atoms with E-state index in [0.717, 1.165) is 25.2 Å². The van der Waals surface area contributed by atoms with Crippen LogP contribution in [0.15, 0.2) is 0 Å². The summed E-state index contributed by atoms with van der Waals surface area (Å²) in [7, 11) is -2.66. The molecule has 2 fully saturated rings. The molecular formula is C9H16O2S. The summed E-state index contributed by atoms with van der Waals surface area (Å²) in [4.78, 5) is 0. The summed E-state index contributed by atoms with van der Waals surface area (Å²) >= 11 is 0. The minimum atomic E-state index is -2.66. The van der Waals surface area contributed by atoms with E-state index in [2.05, 4.69) is 6.92 Å². The van der Waals surface area contributed by atoms with Gasteiger partial charge in [0, 0.05) is 0 Å². The van der Waals surface area contributed by atoms with Crippen LogP contribution >= 0.6 is 0 Å². The predicted octanol–water partition coefficient (Wildman–Crippen LogP) is 1.61. The molecule has 2 aliphatic rings. The molecule has 1 aliphatic carbocycles. The minimum absolute atomic E-state index is 0.207. The van der Waals surface area contributed by atoms with E-state index in [0.29, 0.717) is 11.5 Å². The minimum Gasteiger partial charge on any atom is -0.229 e. The average Bonchev–Trinajstić information content (AvgIpc) is 2.41. The lowest BCUT2D eigenvalue weighted by Crippen LogP contribution is -2.18. The molecule has 1 saturated heterocycles. The van der Waals surface area contributed by atoms with E-state index in [4.69, 9.17) is 0 Å². The van der Waals surface area contributed by atoms with Gasteiger partial charge in [0.1, 0.15) is 0 Å². The van der Waals surface area contributed by atoms with Gasteiger partial charge in [-0.25, -0.2) is 8.42 Å². The molecule has 0 aromatic rings. The van der Waals surface area contributed by atoms with E-state index in [9.17, 15) is 8.42 Å². The first-order chi connectivity index (χ1) is 5.52. The zero-order chi connectivity index (χ0) is 8.82. The third kappa shape index (κ3) is 1.39. The van der Waals surface area contributed by atoms with Crippen molar-refractivity contribution in [3.63, 3.8) is 0 Å². The summed E-state index contributed by atoms with van der Waals surface area (Å²) in [5.41, 5.74) is 0.207. The Balaban J connectivity index is 2.16. The summed E-state index contributed by atoms with van der Waals surface area (Å²) in [6.07, 6.45) is 4.45. The van der Waals surface area contributed by atoms with Crippen LogP contribution in [0.5, 0.6) is 0 Å². The molecule has 0 radical (unpaired) electrons. The Morgan fingerprint density at radius 1 is 1.33 bits per heavy atom. The molecule has 1 heterocycles. The van der Waals surface area contributed by atoms with Crippen LogP contribution in [-0.4, -0.2) is 19.9 Å². The molecule has 0 N–H and O–H groups in total. The molecule has 3 heteroatoms. The van der Waals surface area contributed by atoms with Crippen molar-refractivity contribution in [3.8, 4) is 0 Å². The second-order valence-corrected chi connectivity index (χ2v) is 6.87. The normalized spacial score (nSPS) is 45.6. The van der Waals surface area contributed by atoms with Gasteiger partial charge in [0.05, 0.1) is 11.5 Å². The number of rotatable bonds is 0. The summed E-state index contributed by atoms with van der Waals surface area (Å²) in [6, 6.07) is 0. The average molecular weight is 188 g/mol. The first-order valence-electron chi connectivity index (χ1n) is 4.72. The van der Waals surface area contributed by atoms with E-state index >= 15 is 0 Å². The van der Waals surface area contributed by atoms with Gasteiger partial charge in [-0.15, -0.1) is 0 Å². The Labute approximate surface area is 74.3 Å². The summed E-state index contributed by atoms with van der Waals surface area (Å²) in [5, 5.41) is 0. The molecule has 70 valence electrons. The van der Waals surface area contributed by atoms with E-state index in [-0.39, 0.29) is 5.41 Å². The lowest BCUT2D eigenvalue weighted by atomic mass is 9.85. The zero-order valence-electron chi connectivity index (χ0n) is 7.54. The van der Waals surface area contributed by atoms with Crippen molar-refractivity contribution in [2.45, 2.75) is 32.6 Å². The van der Waals surface area contributed by atoms with Gasteiger partial charge in [0.25, 0.3) is 0 Å². The largest absolute Gasteiger partial charge is 0.229 e. The van der Waals surface area contributed by atoms with Crippen molar-refractivity contribution in [1.29, 1.82) is 0 Å². The zero-order valence-corrected chi connectivity index (χ0v) is 8.36. The third-order valence-corrected chi connectivity index (χ3v) is 5.30. The second-order valence-electron chi connectivity index (χ2n) is 4.69. The fourth-order valence-corrected chi connectivity index (χ4v) is 5.06. The standard InChI is InChI=1S/C9H16O2S/c1-8-2-3-9(6-8)4-5-12(10,11)7-9/h8H,2-7H2,1H3/t8-,9?/m0/s1. The Hall–Kier alpha value is -0.0500. The Bertz CT molecular complexity index is 281. The van der Waals surface area contributed by atoms with Gasteiger partial charge in [-0.2, -0.15) is 0 Å². The van der Waals surface area contributed by atoms with Gasteiger partial charge in [-0.3, -0.25) is 0 Å². The van der Waals surface area contributed by atoms with Crippen molar-refractivity contribution in [3.05, 3.63) is 0 Å². The molecule has 1 spiro atoms. The highest BCUT2D eigenvalue weighted by molar-refractivity contribution is 7.91. The van der Waals surface area contributed by atoms with Gasteiger partial charge in [-0.05, 0) is 30.6 Å².